The van der Waals surface area contributed by atoms with Crippen LogP contribution in [0.25, 0.3) is 0 Å². The van der Waals surface area contributed by atoms with Gasteiger partial charge in [-0.2, -0.15) is 0 Å². The molecule has 6 heteroatoms. The zero-order valence-electron chi connectivity index (χ0n) is 16.9. The molecule has 2 saturated carbocycles. The average molecular weight is 389 g/mol. The molecule has 2 fully saturated rings. The van der Waals surface area contributed by atoms with E-state index < -0.39 is 24.7 Å². The molecule has 3 rings (SSSR count). The normalized spacial score (nSPS) is 31.4. The maximum Gasteiger partial charge on any atom is 0.245 e. The van der Waals surface area contributed by atoms with Crippen molar-refractivity contribution >= 4 is 11.8 Å². The molecule has 0 heterocycles. The van der Waals surface area contributed by atoms with E-state index in [1.165, 1.54) is 0 Å². The SMILES string of the molecule is CC1(C)C2CCC1(C)C(O)C2CC(=O)N[C@@H](CO)C(=O)NCc1ccccc1. The Labute approximate surface area is 166 Å². The summed E-state index contributed by atoms with van der Waals surface area (Å²) in [5.74, 6) is -0.538. The van der Waals surface area contributed by atoms with Crippen LogP contribution >= 0.6 is 0 Å². The van der Waals surface area contributed by atoms with E-state index in [4.69, 9.17) is 0 Å². The third-order valence-corrected chi connectivity index (χ3v) is 7.51. The minimum atomic E-state index is -0.990. The molecule has 2 aliphatic carbocycles. The van der Waals surface area contributed by atoms with Crippen LogP contribution in [0.3, 0.4) is 0 Å². The molecule has 0 spiro atoms. The first-order valence-corrected chi connectivity index (χ1v) is 10.1. The first-order valence-electron chi connectivity index (χ1n) is 10.1. The van der Waals surface area contributed by atoms with Crippen molar-refractivity contribution in [2.45, 2.75) is 58.7 Å². The molecule has 0 saturated heterocycles. The monoisotopic (exact) mass is 388 g/mol. The lowest BCUT2D eigenvalue weighted by molar-refractivity contribution is -0.131. The maximum absolute atomic E-state index is 12.6. The molecular weight excluding hydrogens is 356 g/mol. The van der Waals surface area contributed by atoms with Gasteiger partial charge in [-0.25, -0.2) is 0 Å². The lowest BCUT2D eigenvalue weighted by atomic mass is 9.70. The summed E-state index contributed by atoms with van der Waals surface area (Å²) in [6.07, 6.45) is 1.64. The summed E-state index contributed by atoms with van der Waals surface area (Å²) < 4.78 is 0. The highest BCUT2D eigenvalue weighted by atomic mass is 16.3. The highest BCUT2D eigenvalue weighted by Gasteiger charge is 2.65. The minimum absolute atomic E-state index is 0.0131. The molecule has 4 unspecified atom stereocenters. The number of rotatable bonds is 7. The highest BCUT2D eigenvalue weighted by Crippen LogP contribution is 2.68. The Morgan fingerprint density at radius 1 is 1.21 bits per heavy atom. The van der Waals surface area contributed by atoms with Crippen LogP contribution in [0, 0.1) is 22.7 Å². The van der Waals surface area contributed by atoms with Crippen LogP contribution in [0.5, 0.6) is 0 Å². The van der Waals surface area contributed by atoms with Gasteiger partial charge in [0.05, 0.1) is 12.7 Å². The molecule has 0 aromatic heterocycles. The molecule has 0 radical (unpaired) electrons. The fourth-order valence-corrected chi connectivity index (χ4v) is 5.36. The Bertz CT molecular complexity index is 721. The average Bonchev–Trinajstić information content (AvgIpc) is 2.98. The number of carbonyl (C=O) groups is 2. The summed E-state index contributed by atoms with van der Waals surface area (Å²) in [5.41, 5.74) is 0.756. The third-order valence-electron chi connectivity index (χ3n) is 7.51. The largest absolute Gasteiger partial charge is 0.394 e. The van der Waals surface area contributed by atoms with Gasteiger partial charge in [-0.15, -0.1) is 0 Å². The van der Waals surface area contributed by atoms with E-state index in [0.29, 0.717) is 6.54 Å². The molecule has 1 aromatic carbocycles. The molecule has 0 aliphatic heterocycles. The molecule has 2 amide bonds. The number of benzene rings is 1. The predicted molar refractivity (Wildman–Crippen MR) is 106 cm³/mol. The lowest BCUT2D eigenvalue weighted by Gasteiger charge is -2.37. The number of carbonyl (C=O) groups excluding carboxylic acids is 2. The van der Waals surface area contributed by atoms with Gasteiger partial charge in [0.1, 0.15) is 6.04 Å². The zero-order valence-corrected chi connectivity index (χ0v) is 16.9. The maximum atomic E-state index is 12.6. The van der Waals surface area contributed by atoms with Crippen molar-refractivity contribution in [3.8, 4) is 0 Å². The minimum Gasteiger partial charge on any atom is -0.394 e. The lowest BCUT2D eigenvalue weighted by Crippen LogP contribution is -2.49. The van der Waals surface area contributed by atoms with Crippen molar-refractivity contribution in [1.82, 2.24) is 10.6 Å². The molecule has 154 valence electrons. The van der Waals surface area contributed by atoms with Gasteiger partial charge >= 0.3 is 0 Å². The van der Waals surface area contributed by atoms with Crippen LogP contribution in [-0.2, 0) is 16.1 Å². The summed E-state index contributed by atoms with van der Waals surface area (Å²) in [6, 6.07) is 8.46. The fourth-order valence-electron chi connectivity index (χ4n) is 5.36. The molecule has 5 atom stereocenters. The van der Waals surface area contributed by atoms with Crippen molar-refractivity contribution in [3.63, 3.8) is 0 Å². The van der Waals surface area contributed by atoms with Crippen LogP contribution in [0.15, 0.2) is 30.3 Å². The van der Waals surface area contributed by atoms with Crippen molar-refractivity contribution in [1.29, 1.82) is 0 Å². The van der Waals surface area contributed by atoms with Crippen molar-refractivity contribution in [2.24, 2.45) is 22.7 Å². The molecule has 2 aliphatic rings. The van der Waals surface area contributed by atoms with E-state index in [0.717, 1.165) is 18.4 Å². The smallest absolute Gasteiger partial charge is 0.245 e. The Kier molecular flexibility index (Phi) is 5.82. The number of hydrogen-bond acceptors (Lipinski definition) is 4. The predicted octanol–water partition coefficient (Wildman–Crippen LogP) is 1.60. The number of fused-ring (bicyclic) bond motifs is 2. The van der Waals surface area contributed by atoms with Crippen molar-refractivity contribution in [2.75, 3.05) is 6.61 Å². The first kappa shape index (κ1) is 20.8. The quantitative estimate of drug-likeness (QED) is 0.570. The van der Waals surface area contributed by atoms with Gasteiger partial charge in [0, 0.05) is 13.0 Å². The standard InChI is InChI=1S/C22H32N2O4/c1-21(2)16-9-10-22(21,3)19(27)15(16)11-18(26)24-17(13-25)20(28)23-12-14-7-5-4-6-8-14/h4-8,15-17,19,25,27H,9-13H2,1-3H3,(H,23,28)(H,24,26)/t15?,16?,17-,19?,22?/m0/s1. The van der Waals surface area contributed by atoms with Crippen molar-refractivity contribution < 1.29 is 19.8 Å². The van der Waals surface area contributed by atoms with Gasteiger partial charge < -0.3 is 20.8 Å². The van der Waals surface area contributed by atoms with Crippen LogP contribution in [0.2, 0.25) is 0 Å². The van der Waals surface area contributed by atoms with Crippen LogP contribution in [-0.4, -0.2) is 40.8 Å². The van der Waals surface area contributed by atoms with Gasteiger partial charge in [-0.3, -0.25) is 9.59 Å². The highest BCUT2D eigenvalue weighted by molar-refractivity contribution is 5.87. The topological polar surface area (TPSA) is 98.7 Å². The molecule has 1 aromatic rings. The van der Waals surface area contributed by atoms with Crippen LogP contribution < -0.4 is 10.6 Å². The van der Waals surface area contributed by atoms with Gasteiger partial charge in [0.2, 0.25) is 11.8 Å². The molecule has 6 nitrogen and oxygen atoms in total. The molecule has 4 N–H and O–H groups in total. The second kappa shape index (κ2) is 7.84. The van der Waals surface area contributed by atoms with Gasteiger partial charge in [0.25, 0.3) is 0 Å². The third kappa shape index (κ3) is 3.55. The van der Waals surface area contributed by atoms with Gasteiger partial charge in [-0.1, -0.05) is 51.1 Å². The van der Waals surface area contributed by atoms with Crippen molar-refractivity contribution in [3.05, 3.63) is 35.9 Å². The Balaban J connectivity index is 1.55. The summed E-state index contributed by atoms with van der Waals surface area (Å²) in [7, 11) is 0. The number of amides is 2. The van der Waals surface area contributed by atoms with E-state index >= 15 is 0 Å². The second-order valence-electron chi connectivity index (χ2n) is 9.10. The Hall–Kier alpha value is -1.92. The van der Waals surface area contributed by atoms with E-state index in [1.54, 1.807) is 0 Å². The number of aliphatic hydroxyl groups excluding tert-OH is 2. The Morgan fingerprint density at radius 3 is 2.46 bits per heavy atom. The summed E-state index contributed by atoms with van der Waals surface area (Å²) in [6.45, 7) is 6.34. The first-order chi connectivity index (χ1) is 13.2. The van der Waals surface area contributed by atoms with E-state index in [2.05, 4.69) is 31.4 Å². The summed E-state index contributed by atoms with van der Waals surface area (Å²) >= 11 is 0. The fraction of sp³-hybridized carbons (Fsp3) is 0.636. The molecule has 28 heavy (non-hydrogen) atoms. The van der Waals surface area contributed by atoms with Gasteiger partial charge in [-0.05, 0) is 41.1 Å². The van der Waals surface area contributed by atoms with Crippen LogP contribution in [0.4, 0.5) is 0 Å². The van der Waals surface area contributed by atoms with Crippen LogP contribution in [0.1, 0.15) is 45.6 Å². The zero-order chi connectivity index (χ0) is 20.5. The van der Waals surface area contributed by atoms with E-state index in [9.17, 15) is 19.8 Å². The molecular formula is C22H32N2O4. The molecule has 2 bridgehead atoms. The van der Waals surface area contributed by atoms with Gasteiger partial charge in [0.15, 0.2) is 0 Å². The summed E-state index contributed by atoms with van der Waals surface area (Å²) in [4.78, 5) is 24.9. The number of hydrogen-bond donors (Lipinski definition) is 4. The second-order valence-corrected chi connectivity index (χ2v) is 9.10. The number of aliphatic hydroxyl groups is 2. The van der Waals surface area contributed by atoms with E-state index in [1.807, 2.05) is 30.3 Å². The number of nitrogens with one attached hydrogen (secondary N) is 2. The Morgan fingerprint density at radius 2 is 1.89 bits per heavy atom. The van der Waals surface area contributed by atoms with E-state index in [-0.39, 0.29) is 35.0 Å². The summed E-state index contributed by atoms with van der Waals surface area (Å²) in [5, 5.41) is 25.8.